The molecule has 0 fully saturated rings. The Hall–Kier alpha value is -0.860. The third-order valence-corrected chi connectivity index (χ3v) is 2.66. The summed E-state index contributed by atoms with van der Waals surface area (Å²) in [5.74, 6) is 0. The van der Waals surface area contributed by atoms with Gasteiger partial charge in [0, 0.05) is 10.6 Å². The summed E-state index contributed by atoms with van der Waals surface area (Å²) in [6.45, 7) is 4.19. The molecule has 0 spiro atoms. The topological polar surface area (TPSA) is 25.8 Å². The van der Waals surface area contributed by atoms with Gasteiger partial charge in [0.2, 0.25) is 5.28 Å². The van der Waals surface area contributed by atoms with Gasteiger partial charge in [-0.3, -0.25) is 0 Å². The van der Waals surface area contributed by atoms with Crippen LogP contribution in [-0.4, -0.2) is 9.97 Å². The van der Waals surface area contributed by atoms with Gasteiger partial charge < -0.3 is 0 Å². The first-order chi connectivity index (χ1) is 6.98. The van der Waals surface area contributed by atoms with Crippen LogP contribution >= 0.6 is 23.2 Å². The molecular weight excluding hydrogens is 231 g/mol. The van der Waals surface area contributed by atoms with E-state index in [1.165, 1.54) is 0 Å². The van der Waals surface area contributed by atoms with Gasteiger partial charge in [0.25, 0.3) is 0 Å². The minimum absolute atomic E-state index is 0.0528. The van der Waals surface area contributed by atoms with Crippen LogP contribution in [0.4, 0.5) is 0 Å². The lowest BCUT2D eigenvalue weighted by molar-refractivity contribution is 0.668. The Kier molecular flexibility index (Phi) is 2.57. The van der Waals surface area contributed by atoms with Gasteiger partial charge in [0.1, 0.15) is 5.15 Å². The Labute approximate surface area is 98.0 Å². The molecule has 2 rings (SSSR count). The maximum absolute atomic E-state index is 5.99. The molecule has 0 radical (unpaired) electrons. The molecule has 0 atom stereocenters. The second-order valence-corrected chi connectivity index (χ2v) is 4.77. The molecule has 2 nitrogen and oxygen atoms in total. The van der Waals surface area contributed by atoms with E-state index in [2.05, 4.69) is 29.9 Å². The zero-order valence-corrected chi connectivity index (χ0v) is 9.97. The highest BCUT2D eigenvalue weighted by Crippen LogP contribution is 2.19. The van der Waals surface area contributed by atoms with E-state index in [4.69, 9.17) is 23.2 Å². The number of halogens is 2. The van der Waals surface area contributed by atoms with Crippen LogP contribution in [0.1, 0.15) is 13.8 Å². The normalized spacial score (nSPS) is 17.3. The smallest absolute Gasteiger partial charge is 0.218 e. The first-order valence-electron chi connectivity index (χ1n) is 4.59. The quantitative estimate of drug-likeness (QED) is 0.512. The molecule has 0 bridgehead atoms. The van der Waals surface area contributed by atoms with Gasteiger partial charge >= 0.3 is 0 Å². The number of hydrogen-bond acceptors (Lipinski definition) is 2. The summed E-state index contributed by atoms with van der Waals surface area (Å²) in [5.41, 5.74) is -0.0528. The van der Waals surface area contributed by atoms with Crippen LogP contribution in [0.2, 0.25) is 10.4 Å². The Balaban J connectivity index is 2.86. The van der Waals surface area contributed by atoms with Gasteiger partial charge in [0.05, 0.1) is 5.35 Å². The van der Waals surface area contributed by atoms with E-state index < -0.39 is 0 Å². The van der Waals surface area contributed by atoms with E-state index in [9.17, 15) is 0 Å². The van der Waals surface area contributed by atoms with E-state index in [1.54, 1.807) is 0 Å². The molecule has 1 aromatic heterocycles. The Morgan fingerprint density at radius 3 is 2.67 bits per heavy atom. The van der Waals surface area contributed by atoms with Crippen LogP contribution in [-0.2, 0) is 0 Å². The lowest BCUT2D eigenvalue weighted by Gasteiger charge is -2.12. The van der Waals surface area contributed by atoms with Crippen LogP contribution in [0, 0.1) is 5.41 Å². The van der Waals surface area contributed by atoms with Crippen LogP contribution in [0.25, 0.3) is 12.2 Å². The highest BCUT2D eigenvalue weighted by Gasteiger charge is 2.12. The minimum Gasteiger partial charge on any atom is -0.218 e. The average Bonchev–Trinajstić information content (AvgIpc) is 2.21. The van der Waals surface area contributed by atoms with E-state index in [0.29, 0.717) is 5.15 Å². The highest BCUT2D eigenvalue weighted by molar-refractivity contribution is 6.31. The molecule has 0 saturated heterocycles. The van der Waals surface area contributed by atoms with Crippen molar-refractivity contribution < 1.29 is 0 Å². The van der Waals surface area contributed by atoms with Crippen molar-refractivity contribution in [1.82, 2.24) is 9.97 Å². The zero-order valence-electron chi connectivity index (χ0n) is 8.46. The molecule has 78 valence electrons. The molecule has 1 aromatic rings. The Morgan fingerprint density at radius 1 is 1.20 bits per heavy atom. The van der Waals surface area contributed by atoms with Crippen LogP contribution in [0.3, 0.4) is 0 Å². The van der Waals surface area contributed by atoms with Gasteiger partial charge in [-0.15, -0.1) is 0 Å². The molecule has 1 heterocycles. The Bertz CT molecular complexity index is 544. The largest absolute Gasteiger partial charge is 0.224 e. The minimum atomic E-state index is -0.0528. The number of hydrogen-bond donors (Lipinski definition) is 0. The molecule has 1 aliphatic rings. The summed E-state index contributed by atoms with van der Waals surface area (Å²) in [6, 6.07) is 0. The standard InChI is InChI=1S/C11H10Cl2N2/c1-11(2)5-3-4-7-8(6-11)14-10(13)15-9(7)12/h3-6H,1-2H3. The zero-order chi connectivity index (χ0) is 11.1. The SMILES string of the molecule is CC1(C)C=CC=c2c(Cl)nc(Cl)nc2=C1. The number of nitrogens with zero attached hydrogens (tertiary/aromatic N) is 2. The van der Waals surface area contributed by atoms with Crippen molar-refractivity contribution in [1.29, 1.82) is 0 Å². The lowest BCUT2D eigenvalue weighted by Crippen LogP contribution is -2.31. The summed E-state index contributed by atoms with van der Waals surface area (Å²) in [7, 11) is 0. The molecular formula is C11H10Cl2N2. The second-order valence-electron chi connectivity index (χ2n) is 4.07. The van der Waals surface area contributed by atoms with Crippen molar-refractivity contribution in [3.8, 4) is 0 Å². The van der Waals surface area contributed by atoms with Crippen molar-refractivity contribution in [3.63, 3.8) is 0 Å². The second kappa shape index (κ2) is 3.62. The van der Waals surface area contributed by atoms with Crippen molar-refractivity contribution in [3.05, 3.63) is 33.2 Å². The van der Waals surface area contributed by atoms with Gasteiger partial charge in [-0.05, 0) is 23.8 Å². The van der Waals surface area contributed by atoms with E-state index in [1.807, 2.05) is 18.2 Å². The predicted octanol–water partition coefficient (Wildman–Crippen LogP) is 1.94. The maximum Gasteiger partial charge on any atom is 0.224 e. The van der Waals surface area contributed by atoms with E-state index >= 15 is 0 Å². The van der Waals surface area contributed by atoms with Gasteiger partial charge in [-0.25, -0.2) is 9.97 Å². The van der Waals surface area contributed by atoms with Gasteiger partial charge in [0.15, 0.2) is 0 Å². The number of allylic oxidation sites excluding steroid dienone is 2. The summed E-state index contributed by atoms with van der Waals surface area (Å²) in [4.78, 5) is 8.08. The number of fused-ring (bicyclic) bond motifs is 1. The monoisotopic (exact) mass is 240 g/mol. The van der Waals surface area contributed by atoms with Crippen molar-refractivity contribution >= 4 is 35.4 Å². The van der Waals surface area contributed by atoms with Crippen molar-refractivity contribution in [2.45, 2.75) is 13.8 Å². The first kappa shape index (κ1) is 10.7. The predicted molar refractivity (Wildman–Crippen MR) is 63.2 cm³/mol. The first-order valence-corrected chi connectivity index (χ1v) is 5.35. The molecule has 0 saturated carbocycles. The Morgan fingerprint density at radius 2 is 1.93 bits per heavy atom. The van der Waals surface area contributed by atoms with Crippen LogP contribution in [0.15, 0.2) is 12.2 Å². The summed E-state index contributed by atoms with van der Waals surface area (Å²) >= 11 is 11.8. The molecule has 1 aliphatic carbocycles. The van der Waals surface area contributed by atoms with Crippen molar-refractivity contribution in [2.75, 3.05) is 0 Å². The molecule has 0 unspecified atom stereocenters. The fourth-order valence-corrected chi connectivity index (χ4v) is 1.95. The molecule has 0 aromatic carbocycles. The number of aromatic nitrogens is 2. The lowest BCUT2D eigenvalue weighted by atomic mass is 9.93. The molecule has 4 heteroatoms. The fourth-order valence-electron chi connectivity index (χ4n) is 1.49. The third-order valence-electron chi connectivity index (χ3n) is 2.20. The van der Waals surface area contributed by atoms with Gasteiger partial charge in [-0.1, -0.05) is 37.6 Å². The van der Waals surface area contributed by atoms with Gasteiger partial charge in [-0.2, -0.15) is 0 Å². The summed E-state index contributed by atoms with van der Waals surface area (Å²) in [6.07, 6.45) is 7.98. The van der Waals surface area contributed by atoms with Crippen LogP contribution in [0.5, 0.6) is 0 Å². The molecule has 0 amide bonds. The molecule has 15 heavy (non-hydrogen) atoms. The van der Waals surface area contributed by atoms with E-state index in [-0.39, 0.29) is 10.7 Å². The average molecular weight is 241 g/mol. The summed E-state index contributed by atoms with van der Waals surface area (Å²) < 4.78 is 0. The van der Waals surface area contributed by atoms with Crippen molar-refractivity contribution in [2.24, 2.45) is 5.41 Å². The summed E-state index contributed by atoms with van der Waals surface area (Å²) in [5, 5.41) is 2.18. The molecule has 0 aliphatic heterocycles. The highest BCUT2D eigenvalue weighted by atomic mass is 35.5. The maximum atomic E-state index is 5.99. The number of rotatable bonds is 0. The molecule has 0 N–H and O–H groups in total. The van der Waals surface area contributed by atoms with E-state index in [0.717, 1.165) is 10.6 Å². The third kappa shape index (κ3) is 2.21. The van der Waals surface area contributed by atoms with Crippen LogP contribution < -0.4 is 10.6 Å². The fraction of sp³-hybridized carbons (Fsp3) is 0.273.